The van der Waals surface area contributed by atoms with Gasteiger partial charge in [-0.1, -0.05) is 25.1 Å². The quantitative estimate of drug-likeness (QED) is 0.603. The molecule has 2 rings (SSSR count). The van der Waals surface area contributed by atoms with Crippen LogP contribution in [0.3, 0.4) is 0 Å². The van der Waals surface area contributed by atoms with Crippen molar-refractivity contribution in [3.05, 3.63) is 24.3 Å². The van der Waals surface area contributed by atoms with Gasteiger partial charge in [0, 0.05) is 17.9 Å². The van der Waals surface area contributed by atoms with Crippen LogP contribution in [0.1, 0.15) is 40.0 Å². The Morgan fingerprint density at radius 1 is 1.24 bits per heavy atom. The summed E-state index contributed by atoms with van der Waals surface area (Å²) in [6.45, 7) is 7.02. The summed E-state index contributed by atoms with van der Waals surface area (Å²) in [5.41, 5.74) is 0.730. The first-order valence-electron chi connectivity index (χ1n) is 8.62. The number of unbranched alkanes of at least 4 members (excludes halogenated alkanes) is 1. The largest absolute Gasteiger partial charge is 0.497 e. The van der Waals surface area contributed by atoms with Crippen molar-refractivity contribution in [2.24, 2.45) is 5.41 Å². The van der Waals surface area contributed by atoms with Crippen molar-refractivity contribution in [3.63, 3.8) is 0 Å². The highest BCUT2D eigenvalue weighted by Gasteiger charge is 2.18. The molecule has 0 bridgehead atoms. The first-order valence-corrected chi connectivity index (χ1v) is 9.61. The zero-order chi connectivity index (χ0) is 18.3. The van der Waals surface area contributed by atoms with Crippen LogP contribution in [0.15, 0.2) is 29.4 Å². The minimum Gasteiger partial charge on any atom is -0.497 e. The van der Waals surface area contributed by atoms with E-state index in [1.54, 1.807) is 18.9 Å². The van der Waals surface area contributed by atoms with Gasteiger partial charge in [0.2, 0.25) is 0 Å². The van der Waals surface area contributed by atoms with E-state index in [0.717, 1.165) is 53.9 Å². The standard InChI is InChI=1S/C19H26N4OS/c1-5-6-12-23-17(15-7-9-16(24-4)10-8-15)21-22-18(23)25-13-11-19(2,3)14-20/h7-10H,5-6,11-13H2,1-4H3. The molecule has 0 aliphatic rings. The molecule has 0 aliphatic heterocycles. The van der Waals surface area contributed by atoms with Crippen LogP contribution in [0.2, 0.25) is 0 Å². The third-order valence-electron chi connectivity index (χ3n) is 4.06. The lowest BCUT2D eigenvalue weighted by Gasteiger charge is -2.14. The maximum Gasteiger partial charge on any atom is 0.191 e. The van der Waals surface area contributed by atoms with Crippen molar-refractivity contribution in [3.8, 4) is 23.2 Å². The van der Waals surface area contributed by atoms with Crippen LogP contribution in [0.25, 0.3) is 11.4 Å². The van der Waals surface area contributed by atoms with Gasteiger partial charge in [0.15, 0.2) is 11.0 Å². The molecule has 1 heterocycles. The predicted molar refractivity (Wildman–Crippen MR) is 102 cm³/mol. The van der Waals surface area contributed by atoms with Crippen LogP contribution in [0.5, 0.6) is 5.75 Å². The second-order valence-electron chi connectivity index (χ2n) is 6.63. The summed E-state index contributed by atoms with van der Waals surface area (Å²) in [6.07, 6.45) is 3.02. The lowest BCUT2D eigenvalue weighted by molar-refractivity contribution is 0.415. The van der Waals surface area contributed by atoms with Crippen LogP contribution >= 0.6 is 11.8 Å². The van der Waals surface area contributed by atoms with Crippen molar-refractivity contribution in [2.75, 3.05) is 12.9 Å². The molecule has 0 atom stereocenters. The molecular weight excluding hydrogens is 332 g/mol. The van der Waals surface area contributed by atoms with Crippen LogP contribution in [-0.4, -0.2) is 27.6 Å². The maximum atomic E-state index is 9.15. The molecular formula is C19H26N4OS. The van der Waals surface area contributed by atoms with Gasteiger partial charge in [0.1, 0.15) is 5.75 Å². The summed E-state index contributed by atoms with van der Waals surface area (Å²) in [7, 11) is 1.66. The molecule has 0 saturated carbocycles. The topological polar surface area (TPSA) is 63.7 Å². The molecule has 0 amide bonds. The average molecular weight is 359 g/mol. The third-order valence-corrected chi connectivity index (χ3v) is 5.03. The van der Waals surface area contributed by atoms with Crippen molar-refractivity contribution >= 4 is 11.8 Å². The number of rotatable bonds is 9. The van der Waals surface area contributed by atoms with Crippen molar-refractivity contribution in [1.29, 1.82) is 5.26 Å². The van der Waals surface area contributed by atoms with E-state index in [1.807, 2.05) is 38.1 Å². The first kappa shape index (κ1) is 19.3. The maximum absolute atomic E-state index is 9.15. The minimum atomic E-state index is -0.305. The van der Waals surface area contributed by atoms with Crippen LogP contribution in [-0.2, 0) is 6.54 Å². The molecule has 1 aromatic carbocycles. The van der Waals surface area contributed by atoms with E-state index in [9.17, 15) is 0 Å². The lowest BCUT2D eigenvalue weighted by atomic mass is 9.93. The molecule has 0 aliphatic carbocycles. The third kappa shape index (κ3) is 5.23. The number of ether oxygens (including phenoxy) is 1. The van der Waals surface area contributed by atoms with Crippen molar-refractivity contribution in [1.82, 2.24) is 14.8 Å². The zero-order valence-electron chi connectivity index (χ0n) is 15.5. The van der Waals surface area contributed by atoms with Gasteiger partial charge in [-0.2, -0.15) is 5.26 Å². The summed E-state index contributed by atoms with van der Waals surface area (Å²) >= 11 is 1.68. The molecule has 5 nitrogen and oxygen atoms in total. The van der Waals surface area contributed by atoms with Crippen LogP contribution < -0.4 is 4.74 Å². The van der Waals surface area contributed by atoms with Gasteiger partial charge in [0.05, 0.1) is 18.6 Å². The van der Waals surface area contributed by atoms with E-state index < -0.39 is 0 Å². The molecule has 134 valence electrons. The fourth-order valence-corrected chi connectivity index (χ4v) is 3.55. The fraction of sp³-hybridized carbons (Fsp3) is 0.526. The minimum absolute atomic E-state index is 0.305. The van der Waals surface area contributed by atoms with Crippen LogP contribution in [0, 0.1) is 16.7 Å². The smallest absolute Gasteiger partial charge is 0.191 e. The molecule has 0 radical (unpaired) electrons. The Hall–Kier alpha value is -2.00. The molecule has 0 spiro atoms. The van der Waals surface area contributed by atoms with Crippen molar-refractivity contribution in [2.45, 2.75) is 51.7 Å². The van der Waals surface area contributed by atoms with E-state index in [4.69, 9.17) is 10.00 Å². The molecule has 0 fully saturated rings. The second-order valence-corrected chi connectivity index (χ2v) is 7.70. The van der Waals surface area contributed by atoms with Gasteiger partial charge in [-0.3, -0.25) is 0 Å². The van der Waals surface area contributed by atoms with E-state index in [-0.39, 0.29) is 5.41 Å². The lowest BCUT2D eigenvalue weighted by Crippen LogP contribution is -2.09. The van der Waals surface area contributed by atoms with Gasteiger partial charge in [-0.25, -0.2) is 0 Å². The highest BCUT2D eigenvalue weighted by molar-refractivity contribution is 7.99. The Labute approximate surface area is 154 Å². The molecule has 6 heteroatoms. The predicted octanol–water partition coefficient (Wildman–Crippen LogP) is 4.79. The Balaban J connectivity index is 2.19. The number of nitriles is 1. The van der Waals surface area contributed by atoms with Gasteiger partial charge in [-0.15, -0.1) is 10.2 Å². The number of nitrogens with zero attached hydrogens (tertiary/aromatic N) is 4. The number of aromatic nitrogens is 3. The first-order chi connectivity index (χ1) is 12.0. The number of hydrogen-bond donors (Lipinski definition) is 0. The molecule has 0 N–H and O–H groups in total. The summed E-state index contributed by atoms with van der Waals surface area (Å²) in [5.74, 6) is 2.57. The van der Waals surface area contributed by atoms with Gasteiger partial charge >= 0.3 is 0 Å². The van der Waals surface area contributed by atoms with E-state index in [1.165, 1.54) is 0 Å². The Morgan fingerprint density at radius 3 is 2.56 bits per heavy atom. The fourth-order valence-electron chi connectivity index (χ4n) is 2.32. The Morgan fingerprint density at radius 2 is 1.96 bits per heavy atom. The normalized spacial score (nSPS) is 11.3. The van der Waals surface area contributed by atoms with E-state index in [0.29, 0.717) is 0 Å². The Kier molecular flexibility index (Phi) is 6.89. The molecule has 25 heavy (non-hydrogen) atoms. The summed E-state index contributed by atoms with van der Waals surface area (Å²) in [5, 5.41) is 18.9. The van der Waals surface area contributed by atoms with E-state index >= 15 is 0 Å². The Bertz CT molecular complexity index is 716. The van der Waals surface area contributed by atoms with Crippen LogP contribution in [0.4, 0.5) is 0 Å². The molecule has 2 aromatic rings. The molecule has 0 saturated heterocycles. The number of thioether (sulfide) groups is 1. The number of hydrogen-bond acceptors (Lipinski definition) is 5. The summed E-state index contributed by atoms with van der Waals surface area (Å²) in [6, 6.07) is 10.3. The highest BCUT2D eigenvalue weighted by Crippen LogP contribution is 2.29. The van der Waals surface area contributed by atoms with Gasteiger partial charge < -0.3 is 9.30 Å². The second kappa shape index (κ2) is 8.91. The SMILES string of the molecule is CCCCn1c(SCCC(C)(C)C#N)nnc1-c1ccc(OC)cc1. The molecule has 0 unspecified atom stereocenters. The highest BCUT2D eigenvalue weighted by atomic mass is 32.2. The van der Waals surface area contributed by atoms with Gasteiger partial charge in [0.25, 0.3) is 0 Å². The summed E-state index contributed by atoms with van der Waals surface area (Å²) in [4.78, 5) is 0. The summed E-state index contributed by atoms with van der Waals surface area (Å²) < 4.78 is 7.42. The zero-order valence-corrected chi connectivity index (χ0v) is 16.3. The number of benzene rings is 1. The van der Waals surface area contributed by atoms with Gasteiger partial charge in [-0.05, 0) is 51.0 Å². The average Bonchev–Trinajstić information content (AvgIpc) is 3.02. The number of methoxy groups -OCH3 is 1. The van der Waals surface area contributed by atoms with E-state index in [2.05, 4.69) is 27.8 Å². The monoisotopic (exact) mass is 358 g/mol. The molecule has 1 aromatic heterocycles. The van der Waals surface area contributed by atoms with Crippen molar-refractivity contribution < 1.29 is 4.74 Å².